The second-order valence-corrected chi connectivity index (χ2v) is 4.41. The summed E-state index contributed by atoms with van der Waals surface area (Å²) in [5, 5.41) is 11.1. The van der Waals surface area contributed by atoms with Crippen molar-refractivity contribution in [3.05, 3.63) is 40.7 Å². The van der Waals surface area contributed by atoms with Gasteiger partial charge in [0.15, 0.2) is 5.69 Å². The molecule has 0 aliphatic carbocycles. The van der Waals surface area contributed by atoms with Crippen LogP contribution < -0.4 is 10.5 Å². The molecule has 7 nitrogen and oxygen atoms in total. The Morgan fingerprint density at radius 1 is 1.35 bits per heavy atom. The molecule has 0 saturated heterocycles. The molecule has 0 saturated carbocycles. The Bertz CT molecular complexity index is 643. The molecule has 2 N–H and O–H groups in total. The van der Waals surface area contributed by atoms with E-state index in [2.05, 4.69) is 9.97 Å². The predicted octanol–water partition coefficient (Wildman–Crippen LogP) is 2.42. The van der Waals surface area contributed by atoms with Gasteiger partial charge in [0.25, 0.3) is 0 Å². The van der Waals surface area contributed by atoms with Crippen LogP contribution in [0.2, 0.25) is 0 Å². The van der Waals surface area contributed by atoms with Gasteiger partial charge in [0.2, 0.25) is 5.82 Å². The number of rotatable bonds is 4. The molecule has 0 atom stereocenters. The quantitative estimate of drug-likeness (QED) is 0.678. The van der Waals surface area contributed by atoms with Crippen LogP contribution in [0.1, 0.15) is 13.8 Å². The maximum Gasteiger partial charge on any atom is 0.337 e. The molecule has 2 aromatic rings. The van der Waals surface area contributed by atoms with Gasteiger partial charge in [-0.1, -0.05) is 12.1 Å². The Morgan fingerprint density at radius 2 is 2.10 bits per heavy atom. The van der Waals surface area contributed by atoms with Crippen molar-refractivity contribution in [2.24, 2.45) is 0 Å². The minimum Gasteiger partial charge on any atom is -0.491 e. The van der Waals surface area contributed by atoms with Gasteiger partial charge in [-0.15, -0.1) is 0 Å². The summed E-state index contributed by atoms with van der Waals surface area (Å²) in [5.74, 6) is 0.458. The largest absolute Gasteiger partial charge is 0.491 e. The van der Waals surface area contributed by atoms with Crippen LogP contribution in [0.15, 0.2) is 30.6 Å². The van der Waals surface area contributed by atoms with Crippen LogP contribution in [-0.2, 0) is 0 Å². The molecule has 0 bridgehead atoms. The molecule has 0 aliphatic rings. The summed E-state index contributed by atoms with van der Waals surface area (Å²) in [6, 6.07) is 6.92. The topological polar surface area (TPSA) is 104 Å². The number of hydrogen-bond acceptors (Lipinski definition) is 6. The molecule has 0 aliphatic heterocycles. The van der Waals surface area contributed by atoms with Crippen molar-refractivity contribution in [1.29, 1.82) is 0 Å². The van der Waals surface area contributed by atoms with Gasteiger partial charge in [-0.3, -0.25) is 10.1 Å². The third-order valence-electron chi connectivity index (χ3n) is 2.51. The number of aromatic nitrogens is 2. The number of nitrogen functional groups attached to an aromatic ring is 1. The van der Waals surface area contributed by atoms with Crippen molar-refractivity contribution in [3.63, 3.8) is 0 Å². The minimum absolute atomic E-state index is 0.00991. The fourth-order valence-electron chi connectivity index (χ4n) is 1.77. The summed E-state index contributed by atoms with van der Waals surface area (Å²) >= 11 is 0. The number of nitrogens with zero attached hydrogens (tertiary/aromatic N) is 3. The van der Waals surface area contributed by atoms with Gasteiger partial charge in [-0.05, 0) is 26.0 Å². The van der Waals surface area contributed by atoms with Crippen LogP contribution in [0.4, 0.5) is 11.5 Å². The number of nitrogens with two attached hydrogens (primary N) is 1. The summed E-state index contributed by atoms with van der Waals surface area (Å²) in [7, 11) is 0. The van der Waals surface area contributed by atoms with E-state index in [-0.39, 0.29) is 23.3 Å². The standard InChI is InChI=1S/C13H14N4O3/c1-8(2)20-10-5-3-4-9(6-10)11-12(17(18)19)13(14)16-7-15-11/h3-8H,1-2H3,(H2,14,15,16). The third-order valence-corrected chi connectivity index (χ3v) is 2.51. The molecule has 0 fully saturated rings. The molecular formula is C13H14N4O3. The summed E-state index contributed by atoms with van der Waals surface area (Å²) in [6.45, 7) is 3.80. The summed E-state index contributed by atoms with van der Waals surface area (Å²) < 4.78 is 5.56. The first-order valence-electron chi connectivity index (χ1n) is 6.01. The minimum atomic E-state index is -0.583. The lowest BCUT2D eigenvalue weighted by molar-refractivity contribution is -0.383. The number of anilines is 1. The highest BCUT2D eigenvalue weighted by Gasteiger charge is 2.22. The highest BCUT2D eigenvalue weighted by molar-refractivity contribution is 5.76. The van der Waals surface area contributed by atoms with E-state index in [9.17, 15) is 10.1 Å². The Morgan fingerprint density at radius 3 is 2.75 bits per heavy atom. The first kappa shape index (κ1) is 13.7. The number of nitro groups is 1. The summed E-state index contributed by atoms with van der Waals surface area (Å²) in [5.41, 5.74) is 5.99. The van der Waals surface area contributed by atoms with Gasteiger partial charge in [0.1, 0.15) is 12.1 Å². The highest BCUT2D eigenvalue weighted by atomic mass is 16.6. The Balaban J connectivity index is 2.52. The van der Waals surface area contributed by atoms with Gasteiger partial charge < -0.3 is 10.5 Å². The zero-order valence-corrected chi connectivity index (χ0v) is 11.1. The van der Waals surface area contributed by atoms with Gasteiger partial charge in [0.05, 0.1) is 11.0 Å². The molecule has 0 spiro atoms. The normalized spacial score (nSPS) is 10.6. The molecule has 0 radical (unpaired) electrons. The monoisotopic (exact) mass is 274 g/mol. The molecule has 1 aromatic carbocycles. The molecule has 0 unspecified atom stereocenters. The van der Waals surface area contributed by atoms with E-state index in [1.807, 2.05) is 13.8 Å². The summed E-state index contributed by atoms with van der Waals surface area (Å²) in [4.78, 5) is 18.1. The average molecular weight is 274 g/mol. The number of benzene rings is 1. The first-order chi connectivity index (χ1) is 9.49. The highest BCUT2D eigenvalue weighted by Crippen LogP contribution is 2.32. The average Bonchev–Trinajstić information content (AvgIpc) is 2.37. The lowest BCUT2D eigenvalue weighted by Crippen LogP contribution is -2.06. The van der Waals surface area contributed by atoms with E-state index in [1.165, 1.54) is 6.33 Å². The van der Waals surface area contributed by atoms with E-state index >= 15 is 0 Å². The number of hydrogen-bond donors (Lipinski definition) is 1. The maximum absolute atomic E-state index is 11.1. The Kier molecular flexibility index (Phi) is 3.79. The molecule has 1 aromatic heterocycles. The van der Waals surface area contributed by atoms with Gasteiger partial charge >= 0.3 is 5.69 Å². The van der Waals surface area contributed by atoms with Crippen LogP contribution in [0, 0.1) is 10.1 Å². The fourth-order valence-corrected chi connectivity index (χ4v) is 1.77. The van der Waals surface area contributed by atoms with Crippen molar-refractivity contribution < 1.29 is 9.66 Å². The van der Waals surface area contributed by atoms with E-state index in [0.717, 1.165) is 0 Å². The first-order valence-corrected chi connectivity index (χ1v) is 6.01. The van der Waals surface area contributed by atoms with Crippen LogP contribution >= 0.6 is 0 Å². The maximum atomic E-state index is 11.1. The molecular weight excluding hydrogens is 260 g/mol. The molecule has 104 valence electrons. The van der Waals surface area contributed by atoms with E-state index in [4.69, 9.17) is 10.5 Å². The van der Waals surface area contributed by atoms with Crippen molar-refractivity contribution in [1.82, 2.24) is 9.97 Å². The Hall–Kier alpha value is -2.70. The van der Waals surface area contributed by atoms with E-state index in [0.29, 0.717) is 11.3 Å². The van der Waals surface area contributed by atoms with Crippen molar-refractivity contribution in [3.8, 4) is 17.0 Å². The smallest absolute Gasteiger partial charge is 0.337 e. The molecule has 1 heterocycles. The van der Waals surface area contributed by atoms with Gasteiger partial charge in [-0.25, -0.2) is 9.97 Å². The lowest BCUT2D eigenvalue weighted by atomic mass is 10.1. The van der Waals surface area contributed by atoms with E-state index in [1.54, 1.807) is 24.3 Å². The van der Waals surface area contributed by atoms with Crippen LogP contribution in [-0.4, -0.2) is 21.0 Å². The number of ether oxygens (including phenoxy) is 1. The summed E-state index contributed by atoms with van der Waals surface area (Å²) in [6.07, 6.45) is 1.21. The molecule has 20 heavy (non-hydrogen) atoms. The van der Waals surface area contributed by atoms with Gasteiger partial charge in [-0.2, -0.15) is 0 Å². The van der Waals surface area contributed by atoms with Crippen molar-refractivity contribution in [2.45, 2.75) is 20.0 Å². The van der Waals surface area contributed by atoms with Crippen LogP contribution in [0.5, 0.6) is 5.75 Å². The third kappa shape index (κ3) is 2.82. The zero-order chi connectivity index (χ0) is 14.7. The Labute approximate surface area is 115 Å². The second kappa shape index (κ2) is 5.52. The molecule has 2 rings (SSSR count). The lowest BCUT2D eigenvalue weighted by Gasteiger charge is -2.10. The SMILES string of the molecule is CC(C)Oc1cccc(-c2ncnc(N)c2[N+](=O)[O-])c1. The zero-order valence-electron chi connectivity index (χ0n) is 11.1. The fraction of sp³-hybridized carbons (Fsp3) is 0.231. The molecule has 0 amide bonds. The van der Waals surface area contributed by atoms with E-state index < -0.39 is 4.92 Å². The van der Waals surface area contributed by atoms with Crippen LogP contribution in [0.3, 0.4) is 0 Å². The predicted molar refractivity (Wildman–Crippen MR) is 74.3 cm³/mol. The van der Waals surface area contributed by atoms with Gasteiger partial charge in [0, 0.05) is 5.56 Å². The second-order valence-electron chi connectivity index (χ2n) is 4.41. The van der Waals surface area contributed by atoms with Crippen LogP contribution in [0.25, 0.3) is 11.3 Å². The van der Waals surface area contributed by atoms with Crippen molar-refractivity contribution >= 4 is 11.5 Å². The van der Waals surface area contributed by atoms with Crippen molar-refractivity contribution in [2.75, 3.05) is 5.73 Å². The molecule has 7 heteroatoms.